The van der Waals surface area contributed by atoms with Gasteiger partial charge in [0.15, 0.2) is 6.61 Å². The van der Waals surface area contributed by atoms with E-state index in [1.807, 2.05) is 48.5 Å². The number of fused-ring (bicyclic) bond motifs is 1. The zero-order valence-electron chi connectivity index (χ0n) is 17.9. The van der Waals surface area contributed by atoms with Gasteiger partial charge in [-0.25, -0.2) is 0 Å². The summed E-state index contributed by atoms with van der Waals surface area (Å²) in [6.07, 6.45) is 2.05. The normalized spacial score (nSPS) is 13.2. The van der Waals surface area contributed by atoms with Crippen molar-refractivity contribution in [1.82, 2.24) is 10.2 Å². The summed E-state index contributed by atoms with van der Waals surface area (Å²) in [6.45, 7) is 8.72. The fourth-order valence-electron chi connectivity index (χ4n) is 3.58. The number of ether oxygens (including phenoxy) is 1. The summed E-state index contributed by atoms with van der Waals surface area (Å²) in [5.41, 5.74) is 2.38. The van der Waals surface area contributed by atoms with E-state index in [0.717, 1.165) is 43.7 Å². The van der Waals surface area contributed by atoms with Gasteiger partial charge in [0.1, 0.15) is 5.75 Å². The highest BCUT2D eigenvalue weighted by atomic mass is 16.5. The highest BCUT2D eigenvalue weighted by Gasteiger charge is 2.25. The van der Waals surface area contributed by atoms with Crippen LogP contribution in [0.3, 0.4) is 0 Å². The lowest BCUT2D eigenvalue weighted by Crippen LogP contribution is -2.38. The van der Waals surface area contributed by atoms with Crippen LogP contribution in [0.4, 0.5) is 5.69 Å². The molecular formula is C24H31N3O3. The Hall–Kier alpha value is -2.86. The van der Waals surface area contributed by atoms with Crippen molar-refractivity contribution in [3.63, 3.8) is 0 Å². The standard InChI is InChI=1S/C24H31N3O3/c1-3-26(4-2)16-8-7-15-25-24(29)20-13-11-19(12-14-20)17-27-21-9-5-6-10-22(21)30-18-23(27)28/h5-6,9-14H,3-4,7-8,15-18H2,1-2H3,(H,25,29). The largest absolute Gasteiger partial charge is 0.482 e. The maximum atomic E-state index is 12.4. The number of anilines is 1. The Labute approximate surface area is 178 Å². The molecule has 0 unspecified atom stereocenters. The lowest BCUT2D eigenvalue weighted by atomic mass is 10.1. The fraction of sp³-hybridized carbons (Fsp3) is 0.417. The van der Waals surface area contributed by atoms with E-state index >= 15 is 0 Å². The minimum atomic E-state index is -0.0692. The molecule has 1 N–H and O–H groups in total. The fourth-order valence-corrected chi connectivity index (χ4v) is 3.58. The number of carbonyl (C=O) groups excluding carboxylic acids is 2. The van der Waals surface area contributed by atoms with Gasteiger partial charge in [-0.05, 0) is 62.3 Å². The lowest BCUT2D eigenvalue weighted by Gasteiger charge is -2.29. The Morgan fingerprint density at radius 2 is 1.80 bits per heavy atom. The van der Waals surface area contributed by atoms with Crippen molar-refractivity contribution < 1.29 is 14.3 Å². The van der Waals surface area contributed by atoms with Crippen LogP contribution in [0, 0.1) is 0 Å². The number of nitrogens with zero attached hydrogens (tertiary/aromatic N) is 2. The molecule has 160 valence electrons. The van der Waals surface area contributed by atoms with E-state index in [-0.39, 0.29) is 18.4 Å². The Morgan fingerprint density at radius 1 is 1.07 bits per heavy atom. The lowest BCUT2D eigenvalue weighted by molar-refractivity contribution is -0.121. The second kappa shape index (κ2) is 10.8. The van der Waals surface area contributed by atoms with Crippen LogP contribution in [0.2, 0.25) is 0 Å². The van der Waals surface area contributed by atoms with Crippen molar-refractivity contribution in [2.24, 2.45) is 0 Å². The van der Waals surface area contributed by atoms with Gasteiger partial charge in [0.05, 0.1) is 12.2 Å². The number of unbranched alkanes of at least 4 members (excludes halogenated alkanes) is 1. The third-order valence-corrected chi connectivity index (χ3v) is 5.45. The molecule has 6 heteroatoms. The molecule has 1 aliphatic heterocycles. The molecule has 1 aliphatic rings. The maximum absolute atomic E-state index is 12.4. The summed E-state index contributed by atoms with van der Waals surface area (Å²) in [4.78, 5) is 28.8. The van der Waals surface area contributed by atoms with E-state index in [4.69, 9.17) is 4.74 Å². The van der Waals surface area contributed by atoms with E-state index in [9.17, 15) is 9.59 Å². The van der Waals surface area contributed by atoms with Gasteiger partial charge in [0.2, 0.25) is 0 Å². The molecular weight excluding hydrogens is 378 g/mol. The molecule has 3 rings (SSSR count). The van der Waals surface area contributed by atoms with Crippen LogP contribution in [0.25, 0.3) is 0 Å². The van der Waals surface area contributed by atoms with Gasteiger partial charge in [-0.2, -0.15) is 0 Å². The molecule has 6 nitrogen and oxygen atoms in total. The zero-order chi connectivity index (χ0) is 21.3. The average molecular weight is 410 g/mol. The second-order valence-electron chi connectivity index (χ2n) is 7.42. The van der Waals surface area contributed by atoms with Crippen LogP contribution >= 0.6 is 0 Å². The number of nitrogens with one attached hydrogen (secondary N) is 1. The van der Waals surface area contributed by atoms with Crippen LogP contribution < -0.4 is 15.0 Å². The first-order valence-electron chi connectivity index (χ1n) is 10.7. The minimum Gasteiger partial charge on any atom is -0.482 e. The third-order valence-electron chi connectivity index (χ3n) is 5.45. The van der Waals surface area contributed by atoms with Crippen molar-refractivity contribution in [2.75, 3.05) is 37.7 Å². The van der Waals surface area contributed by atoms with E-state index in [2.05, 4.69) is 24.1 Å². The molecule has 2 amide bonds. The number of hydrogen-bond donors (Lipinski definition) is 1. The number of amides is 2. The topological polar surface area (TPSA) is 61.9 Å². The minimum absolute atomic E-state index is 0.0474. The van der Waals surface area contributed by atoms with Crippen molar-refractivity contribution in [3.8, 4) is 5.75 Å². The number of benzene rings is 2. The highest BCUT2D eigenvalue weighted by Crippen LogP contribution is 2.32. The Balaban J connectivity index is 1.50. The predicted molar refractivity (Wildman–Crippen MR) is 119 cm³/mol. The first kappa shape index (κ1) is 21.8. The van der Waals surface area contributed by atoms with E-state index < -0.39 is 0 Å². The van der Waals surface area contributed by atoms with Gasteiger partial charge >= 0.3 is 0 Å². The van der Waals surface area contributed by atoms with Crippen molar-refractivity contribution in [2.45, 2.75) is 33.2 Å². The van der Waals surface area contributed by atoms with Crippen molar-refractivity contribution in [3.05, 3.63) is 59.7 Å². The van der Waals surface area contributed by atoms with Gasteiger partial charge in [-0.3, -0.25) is 9.59 Å². The molecule has 2 aromatic carbocycles. The molecule has 2 aromatic rings. The smallest absolute Gasteiger partial charge is 0.265 e. The summed E-state index contributed by atoms with van der Waals surface area (Å²) < 4.78 is 5.49. The molecule has 0 spiro atoms. The second-order valence-corrected chi connectivity index (χ2v) is 7.42. The van der Waals surface area contributed by atoms with Crippen LogP contribution in [0.5, 0.6) is 5.75 Å². The molecule has 30 heavy (non-hydrogen) atoms. The van der Waals surface area contributed by atoms with Crippen LogP contribution in [0.1, 0.15) is 42.6 Å². The average Bonchev–Trinajstić information content (AvgIpc) is 2.78. The SMILES string of the molecule is CCN(CC)CCCCNC(=O)c1ccc(CN2C(=O)COc3ccccc32)cc1. The molecule has 0 aliphatic carbocycles. The molecule has 0 bridgehead atoms. The van der Waals surface area contributed by atoms with Crippen molar-refractivity contribution in [1.29, 1.82) is 0 Å². The molecule has 1 heterocycles. The number of para-hydroxylation sites is 2. The van der Waals surface area contributed by atoms with Gasteiger partial charge in [0.25, 0.3) is 11.8 Å². The predicted octanol–water partition coefficient (Wildman–Crippen LogP) is 3.46. The molecule has 0 fully saturated rings. The van der Waals surface area contributed by atoms with Gasteiger partial charge in [-0.1, -0.05) is 38.1 Å². The monoisotopic (exact) mass is 409 g/mol. The number of rotatable bonds is 10. The number of hydrogen-bond acceptors (Lipinski definition) is 4. The molecule has 0 radical (unpaired) electrons. The van der Waals surface area contributed by atoms with Crippen LogP contribution in [-0.4, -0.2) is 49.5 Å². The van der Waals surface area contributed by atoms with Crippen LogP contribution in [0.15, 0.2) is 48.5 Å². The Morgan fingerprint density at radius 3 is 2.53 bits per heavy atom. The first-order chi connectivity index (χ1) is 14.6. The van der Waals surface area contributed by atoms with Gasteiger partial charge in [0, 0.05) is 12.1 Å². The first-order valence-corrected chi connectivity index (χ1v) is 10.7. The van der Waals surface area contributed by atoms with Crippen LogP contribution in [-0.2, 0) is 11.3 Å². The summed E-state index contributed by atoms with van der Waals surface area (Å²) in [5.74, 6) is 0.589. The maximum Gasteiger partial charge on any atom is 0.265 e. The van der Waals surface area contributed by atoms with Crippen molar-refractivity contribution >= 4 is 17.5 Å². The van der Waals surface area contributed by atoms with E-state index in [0.29, 0.717) is 24.4 Å². The highest BCUT2D eigenvalue weighted by molar-refractivity contribution is 5.98. The quantitative estimate of drug-likeness (QED) is 0.611. The molecule has 0 saturated heterocycles. The van der Waals surface area contributed by atoms with Gasteiger partial charge < -0.3 is 19.9 Å². The molecule has 0 saturated carbocycles. The number of carbonyl (C=O) groups is 2. The summed E-state index contributed by atoms with van der Waals surface area (Å²) in [6, 6.07) is 15.0. The Bertz CT molecular complexity index is 847. The molecule has 0 atom stereocenters. The summed E-state index contributed by atoms with van der Waals surface area (Å²) in [7, 11) is 0. The zero-order valence-corrected chi connectivity index (χ0v) is 17.9. The summed E-state index contributed by atoms with van der Waals surface area (Å²) >= 11 is 0. The van der Waals surface area contributed by atoms with Gasteiger partial charge in [-0.15, -0.1) is 0 Å². The summed E-state index contributed by atoms with van der Waals surface area (Å²) in [5, 5.41) is 2.99. The third kappa shape index (κ3) is 5.60. The Kier molecular flexibility index (Phi) is 7.85. The molecule has 0 aromatic heterocycles. The van der Waals surface area contributed by atoms with E-state index in [1.165, 1.54) is 0 Å². The van der Waals surface area contributed by atoms with E-state index in [1.54, 1.807) is 4.90 Å².